The van der Waals surface area contributed by atoms with Crippen molar-refractivity contribution in [2.45, 2.75) is 39.2 Å². The van der Waals surface area contributed by atoms with Gasteiger partial charge in [0.2, 0.25) is 0 Å². The van der Waals surface area contributed by atoms with E-state index in [1.165, 1.54) is 12.0 Å². The fourth-order valence-electron chi connectivity index (χ4n) is 1.70. The molecule has 3 N–H and O–H groups in total. The largest absolute Gasteiger partial charge is 0.271 e. The average Bonchev–Trinajstić information content (AvgIpc) is 2.77. The molecule has 0 heterocycles. The fraction of sp³-hybridized carbons (Fsp3) is 0.800. The molecule has 1 saturated carbocycles. The molecule has 0 amide bonds. The predicted molar refractivity (Wildman–Crippen MR) is 52.4 cm³/mol. The van der Waals surface area contributed by atoms with Gasteiger partial charge in [-0.25, -0.2) is 0 Å². The lowest BCUT2D eigenvalue weighted by molar-refractivity contribution is 0.450. The van der Waals surface area contributed by atoms with Crippen LogP contribution in [0.2, 0.25) is 0 Å². The lowest BCUT2D eigenvalue weighted by Crippen LogP contribution is -2.37. The van der Waals surface area contributed by atoms with E-state index in [1.54, 1.807) is 0 Å². The van der Waals surface area contributed by atoms with Gasteiger partial charge in [0.25, 0.3) is 0 Å². The van der Waals surface area contributed by atoms with Gasteiger partial charge in [0, 0.05) is 6.04 Å². The van der Waals surface area contributed by atoms with Crippen LogP contribution in [0.1, 0.15) is 33.1 Å². The van der Waals surface area contributed by atoms with Crippen LogP contribution in [0.5, 0.6) is 0 Å². The third-order valence-electron chi connectivity index (χ3n) is 2.91. The van der Waals surface area contributed by atoms with Gasteiger partial charge in [-0.05, 0) is 31.1 Å². The van der Waals surface area contributed by atoms with Gasteiger partial charge in [-0.15, -0.1) is 0 Å². The molecule has 2 heteroatoms. The zero-order valence-corrected chi connectivity index (χ0v) is 8.14. The van der Waals surface area contributed by atoms with Gasteiger partial charge in [-0.1, -0.05) is 26.0 Å². The van der Waals surface area contributed by atoms with Gasteiger partial charge in [0.1, 0.15) is 0 Å². The number of hydrogen-bond donors (Lipinski definition) is 2. The SMILES string of the molecule is C=C(CC)CC(NN)C1CC1C. The zero-order chi connectivity index (χ0) is 9.14. The normalized spacial score (nSPS) is 29.9. The van der Waals surface area contributed by atoms with Crippen LogP contribution in [0.4, 0.5) is 0 Å². The Bertz CT molecular complexity index is 165. The summed E-state index contributed by atoms with van der Waals surface area (Å²) < 4.78 is 0. The van der Waals surface area contributed by atoms with Crippen molar-refractivity contribution < 1.29 is 0 Å². The maximum absolute atomic E-state index is 5.49. The van der Waals surface area contributed by atoms with Crippen LogP contribution < -0.4 is 11.3 Å². The van der Waals surface area contributed by atoms with Crippen LogP contribution in [-0.4, -0.2) is 6.04 Å². The molecule has 1 aliphatic carbocycles. The Labute approximate surface area is 75.2 Å². The van der Waals surface area contributed by atoms with E-state index < -0.39 is 0 Å². The van der Waals surface area contributed by atoms with E-state index in [9.17, 15) is 0 Å². The molecule has 1 rings (SSSR count). The molecule has 0 saturated heterocycles. The van der Waals surface area contributed by atoms with Crippen molar-refractivity contribution in [1.82, 2.24) is 5.43 Å². The van der Waals surface area contributed by atoms with Crippen LogP contribution in [0.15, 0.2) is 12.2 Å². The summed E-state index contributed by atoms with van der Waals surface area (Å²) in [5.41, 5.74) is 4.20. The van der Waals surface area contributed by atoms with Crippen molar-refractivity contribution in [2.75, 3.05) is 0 Å². The van der Waals surface area contributed by atoms with Crippen LogP contribution in [0.3, 0.4) is 0 Å². The minimum Gasteiger partial charge on any atom is -0.271 e. The number of hydrogen-bond acceptors (Lipinski definition) is 2. The van der Waals surface area contributed by atoms with E-state index in [1.807, 2.05) is 0 Å². The molecule has 3 unspecified atom stereocenters. The Balaban J connectivity index is 2.31. The Morgan fingerprint density at radius 1 is 1.75 bits per heavy atom. The molecule has 0 spiro atoms. The van der Waals surface area contributed by atoms with E-state index in [4.69, 9.17) is 5.84 Å². The smallest absolute Gasteiger partial charge is 0.0278 e. The Hall–Kier alpha value is -0.340. The van der Waals surface area contributed by atoms with E-state index in [-0.39, 0.29) is 0 Å². The van der Waals surface area contributed by atoms with Crippen molar-refractivity contribution in [3.05, 3.63) is 12.2 Å². The molecule has 1 fully saturated rings. The van der Waals surface area contributed by atoms with Gasteiger partial charge in [-0.3, -0.25) is 11.3 Å². The first kappa shape index (κ1) is 9.75. The van der Waals surface area contributed by atoms with E-state index in [0.29, 0.717) is 6.04 Å². The minimum atomic E-state index is 0.465. The number of rotatable bonds is 5. The molecular weight excluding hydrogens is 148 g/mol. The van der Waals surface area contributed by atoms with Crippen LogP contribution in [0, 0.1) is 11.8 Å². The molecule has 0 aliphatic heterocycles. The first-order valence-electron chi connectivity index (χ1n) is 4.81. The summed E-state index contributed by atoms with van der Waals surface area (Å²) in [7, 11) is 0. The molecule has 1 aliphatic rings. The molecule has 0 aromatic heterocycles. The van der Waals surface area contributed by atoms with Gasteiger partial charge in [-0.2, -0.15) is 0 Å². The second-order valence-corrected chi connectivity index (χ2v) is 3.96. The highest BCUT2D eigenvalue weighted by Crippen LogP contribution is 2.42. The van der Waals surface area contributed by atoms with Crippen molar-refractivity contribution >= 4 is 0 Å². The van der Waals surface area contributed by atoms with Gasteiger partial charge in [0.15, 0.2) is 0 Å². The van der Waals surface area contributed by atoms with Gasteiger partial charge >= 0.3 is 0 Å². The third kappa shape index (κ3) is 2.32. The fourth-order valence-corrected chi connectivity index (χ4v) is 1.70. The summed E-state index contributed by atoms with van der Waals surface area (Å²) in [5.74, 6) is 7.14. The van der Waals surface area contributed by atoms with Crippen LogP contribution in [0.25, 0.3) is 0 Å². The molecule has 0 aromatic rings. The highest BCUT2D eigenvalue weighted by Gasteiger charge is 2.38. The maximum atomic E-state index is 5.49. The standard InChI is InChI=1S/C10H20N2/c1-4-7(2)5-10(12-11)9-6-8(9)3/h8-10,12H,2,4-6,11H2,1,3H3. The first-order chi connectivity index (χ1) is 5.69. The topological polar surface area (TPSA) is 38.0 Å². The average molecular weight is 168 g/mol. The number of hydrazine groups is 1. The van der Waals surface area contributed by atoms with Crippen molar-refractivity contribution in [3.63, 3.8) is 0 Å². The molecule has 0 aromatic carbocycles. The van der Waals surface area contributed by atoms with Crippen LogP contribution >= 0.6 is 0 Å². The Morgan fingerprint density at radius 2 is 2.33 bits per heavy atom. The Morgan fingerprint density at radius 3 is 2.67 bits per heavy atom. The molecule has 70 valence electrons. The van der Waals surface area contributed by atoms with Crippen LogP contribution in [-0.2, 0) is 0 Å². The monoisotopic (exact) mass is 168 g/mol. The second kappa shape index (κ2) is 4.06. The highest BCUT2D eigenvalue weighted by atomic mass is 15.2. The quantitative estimate of drug-likeness (QED) is 0.373. The van der Waals surface area contributed by atoms with Crippen molar-refractivity contribution in [1.29, 1.82) is 0 Å². The zero-order valence-electron chi connectivity index (χ0n) is 8.14. The lowest BCUT2D eigenvalue weighted by atomic mass is 10.0. The highest BCUT2D eigenvalue weighted by molar-refractivity contribution is 5.02. The molecular formula is C10H20N2. The van der Waals surface area contributed by atoms with Crippen molar-refractivity contribution in [2.24, 2.45) is 17.7 Å². The van der Waals surface area contributed by atoms with Crippen molar-refractivity contribution in [3.8, 4) is 0 Å². The first-order valence-corrected chi connectivity index (χ1v) is 4.81. The summed E-state index contributed by atoms with van der Waals surface area (Å²) in [4.78, 5) is 0. The van der Waals surface area contributed by atoms with E-state index >= 15 is 0 Å². The lowest BCUT2D eigenvalue weighted by Gasteiger charge is -2.16. The number of nitrogens with two attached hydrogens (primary N) is 1. The van der Waals surface area contributed by atoms with Gasteiger partial charge < -0.3 is 0 Å². The third-order valence-corrected chi connectivity index (χ3v) is 2.91. The molecule has 3 atom stereocenters. The van der Waals surface area contributed by atoms with E-state index in [0.717, 1.165) is 24.7 Å². The molecule has 0 radical (unpaired) electrons. The summed E-state index contributed by atoms with van der Waals surface area (Å²) in [5, 5.41) is 0. The second-order valence-electron chi connectivity index (χ2n) is 3.96. The molecule has 12 heavy (non-hydrogen) atoms. The van der Waals surface area contributed by atoms with Gasteiger partial charge in [0.05, 0.1) is 0 Å². The van der Waals surface area contributed by atoms with E-state index in [2.05, 4.69) is 25.9 Å². The Kier molecular flexibility index (Phi) is 3.29. The summed E-state index contributed by atoms with van der Waals surface area (Å²) in [6, 6.07) is 0.465. The number of nitrogens with one attached hydrogen (secondary N) is 1. The summed E-state index contributed by atoms with van der Waals surface area (Å²) in [6.07, 6.45) is 3.44. The molecule has 2 nitrogen and oxygen atoms in total. The summed E-state index contributed by atoms with van der Waals surface area (Å²) in [6.45, 7) is 8.43. The minimum absolute atomic E-state index is 0.465. The summed E-state index contributed by atoms with van der Waals surface area (Å²) >= 11 is 0. The maximum Gasteiger partial charge on any atom is 0.0278 e. The molecule has 0 bridgehead atoms. The predicted octanol–water partition coefficient (Wildman–Crippen LogP) is 1.83.